The molecule has 0 N–H and O–H groups in total. The summed E-state index contributed by atoms with van der Waals surface area (Å²) < 4.78 is 16.7. The molecule has 6 heteroatoms. The summed E-state index contributed by atoms with van der Waals surface area (Å²) in [6.45, 7) is 6.35. The van der Waals surface area contributed by atoms with Gasteiger partial charge in [-0.15, -0.1) is 0 Å². The van der Waals surface area contributed by atoms with Crippen molar-refractivity contribution in [3.63, 3.8) is 0 Å². The number of fused-ring (bicyclic) bond motifs is 1. The summed E-state index contributed by atoms with van der Waals surface area (Å²) in [6, 6.07) is 19.6. The zero-order chi connectivity index (χ0) is 25.2. The van der Waals surface area contributed by atoms with Crippen molar-refractivity contribution in [1.29, 1.82) is 0 Å². The van der Waals surface area contributed by atoms with E-state index in [2.05, 4.69) is 20.8 Å². The monoisotopic (exact) mass is 488 g/mol. The maximum Gasteiger partial charge on any atom is 0.336 e. The second-order valence-corrected chi connectivity index (χ2v) is 9.52. The third-order valence-electron chi connectivity index (χ3n) is 5.55. The SMILES string of the molecule is COc1ccc(/C=C/C(=O)Oc2c(-c3ccc(C(C)(C)C)cc3)oc3ccc(Cl)cc3c2=O)cc1. The highest BCUT2D eigenvalue weighted by atomic mass is 35.5. The van der Waals surface area contributed by atoms with Crippen LogP contribution >= 0.6 is 11.6 Å². The molecule has 0 spiro atoms. The highest BCUT2D eigenvalue weighted by Gasteiger charge is 2.21. The lowest BCUT2D eigenvalue weighted by Crippen LogP contribution is -2.14. The molecule has 0 amide bonds. The first kappa shape index (κ1) is 24.3. The zero-order valence-electron chi connectivity index (χ0n) is 19.9. The van der Waals surface area contributed by atoms with E-state index in [0.29, 0.717) is 21.9 Å². The molecule has 5 nitrogen and oxygen atoms in total. The van der Waals surface area contributed by atoms with Gasteiger partial charge in [-0.25, -0.2) is 4.79 Å². The number of ether oxygens (including phenoxy) is 2. The van der Waals surface area contributed by atoms with Gasteiger partial charge >= 0.3 is 5.97 Å². The quantitative estimate of drug-likeness (QED) is 0.222. The van der Waals surface area contributed by atoms with Gasteiger partial charge in [-0.3, -0.25) is 4.79 Å². The van der Waals surface area contributed by atoms with Gasteiger partial charge in [-0.1, -0.05) is 68.8 Å². The van der Waals surface area contributed by atoms with Crippen LogP contribution in [0.5, 0.6) is 11.5 Å². The second-order valence-electron chi connectivity index (χ2n) is 9.08. The number of carbonyl (C=O) groups is 1. The van der Waals surface area contributed by atoms with Gasteiger partial charge in [-0.2, -0.15) is 0 Å². The summed E-state index contributed by atoms with van der Waals surface area (Å²) in [5.74, 6) is -0.00882. The molecule has 0 bridgehead atoms. The van der Waals surface area contributed by atoms with Crippen molar-refractivity contribution in [1.82, 2.24) is 0 Å². The van der Waals surface area contributed by atoms with Crippen LogP contribution < -0.4 is 14.9 Å². The Balaban J connectivity index is 1.74. The van der Waals surface area contributed by atoms with Crippen molar-refractivity contribution >= 4 is 34.6 Å². The Morgan fingerprint density at radius 2 is 1.66 bits per heavy atom. The van der Waals surface area contributed by atoms with Gasteiger partial charge < -0.3 is 13.9 Å². The molecular weight excluding hydrogens is 464 g/mol. The Hall–Kier alpha value is -3.83. The molecule has 0 unspecified atom stereocenters. The van der Waals surface area contributed by atoms with Gasteiger partial charge in [0.05, 0.1) is 12.5 Å². The van der Waals surface area contributed by atoms with E-state index in [1.165, 1.54) is 12.1 Å². The minimum atomic E-state index is -0.706. The van der Waals surface area contributed by atoms with Crippen molar-refractivity contribution in [2.75, 3.05) is 7.11 Å². The Bertz CT molecular complexity index is 1460. The van der Waals surface area contributed by atoms with E-state index in [1.54, 1.807) is 49.6 Å². The summed E-state index contributed by atoms with van der Waals surface area (Å²) in [5.41, 5.74) is 2.35. The molecule has 1 heterocycles. The molecule has 178 valence electrons. The van der Waals surface area contributed by atoms with Gasteiger partial charge in [0.1, 0.15) is 11.3 Å². The molecule has 0 fully saturated rings. The van der Waals surface area contributed by atoms with Crippen molar-refractivity contribution in [2.45, 2.75) is 26.2 Å². The first-order valence-electron chi connectivity index (χ1n) is 11.1. The molecule has 1 aromatic heterocycles. The van der Waals surface area contributed by atoms with Crippen LogP contribution in [0, 0.1) is 0 Å². The molecule has 3 aromatic carbocycles. The van der Waals surface area contributed by atoms with Gasteiger partial charge in [0, 0.05) is 16.7 Å². The Kier molecular flexibility index (Phi) is 6.81. The van der Waals surface area contributed by atoms with Crippen LogP contribution in [0.1, 0.15) is 31.9 Å². The van der Waals surface area contributed by atoms with Crippen LogP contribution in [-0.2, 0) is 10.2 Å². The van der Waals surface area contributed by atoms with E-state index in [4.69, 9.17) is 25.5 Å². The van der Waals surface area contributed by atoms with Crippen LogP contribution in [0.25, 0.3) is 28.4 Å². The number of esters is 1. The predicted molar refractivity (Wildman–Crippen MR) is 139 cm³/mol. The summed E-state index contributed by atoms with van der Waals surface area (Å²) in [6.07, 6.45) is 2.86. The van der Waals surface area contributed by atoms with Gasteiger partial charge in [0.15, 0.2) is 5.76 Å². The number of hydrogen-bond acceptors (Lipinski definition) is 5. The maximum absolute atomic E-state index is 13.3. The van der Waals surface area contributed by atoms with Crippen LogP contribution in [0.2, 0.25) is 5.02 Å². The van der Waals surface area contributed by atoms with Crippen LogP contribution in [0.4, 0.5) is 0 Å². The number of rotatable bonds is 5. The summed E-state index contributed by atoms with van der Waals surface area (Å²) in [4.78, 5) is 26.0. The van der Waals surface area contributed by atoms with E-state index >= 15 is 0 Å². The highest BCUT2D eigenvalue weighted by molar-refractivity contribution is 6.31. The van der Waals surface area contributed by atoms with Gasteiger partial charge in [0.2, 0.25) is 11.2 Å². The van der Waals surface area contributed by atoms with E-state index in [9.17, 15) is 9.59 Å². The fraction of sp³-hybridized carbons (Fsp3) is 0.172. The Labute approximate surface area is 208 Å². The van der Waals surface area contributed by atoms with Crippen LogP contribution in [-0.4, -0.2) is 13.1 Å². The Morgan fingerprint density at radius 1 is 0.971 bits per heavy atom. The number of methoxy groups -OCH3 is 1. The van der Waals surface area contributed by atoms with Crippen molar-refractivity contribution in [3.8, 4) is 22.8 Å². The smallest absolute Gasteiger partial charge is 0.336 e. The summed E-state index contributed by atoms with van der Waals surface area (Å²) in [7, 11) is 1.58. The van der Waals surface area contributed by atoms with Crippen molar-refractivity contribution in [2.24, 2.45) is 0 Å². The molecule has 0 saturated carbocycles. The van der Waals surface area contributed by atoms with Gasteiger partial charge in [-0.05, 0) is 52.9 Å². The molecule has 4 rings (SSSR count). The molecule has 0 aliphatic carbocycles. The third kappa shape index (κ3) is 5.47. The zero-order valence-corrected chi connectivity index (χ0v) is 20.7. The Morgan fingerprint density at radius 3 is 2.29 bits per heavy atom. The molecule has 0 atom stereocenters. The van der Waals surface area contributed by atoms with Crippen molar-refractivity contribution in [3.05, 3.63) is 99.2 Å². The number of hydrogen-bond donors (Lipinski definition) is 0. The van der Waals surface area contributed by atoms with E-state index in [0.717, 1.165) is 11.1 Å². The lowest BCUT2D eigenvalue weighted by Gasteiger charge is -2.19. The molecule has 0 aliphatic rings. The number of carbonyl (C=O) groups excluding carboxylic acids is 1. The molecule has 4 aromatic rings. The topological polar surface area (TPSA) is 65.7 Å². The lowest BCUT2D eigenvalue weighted by molar-refractivity contribution is -0.129. The molecule has 0 radical (unpaired) electrons. The predicted octanol–water partition coefficient (Wildman–Crippen LogP) is 7.04. The maximum atomic E-state index is 13.3. The van der Waals surface area contributed by atoms with E-state index in [1.807, 2.05) is 24.3 Å². The summed E-state index contributed by atoms with van der Waals surface area (Å²) in [5, 5.41) is 0.609. The average Bonchev–Trinajstić information content (AvgIpc) is 2.84. The molecule has 0 saturated heterocycles. The number of benzene rings is 3. The fourth-order valence-corrected chi connectivity index (χ4v) is 3.74. The minimum absolute atomic E-state index is 0.0406. The first-order valence-corrected chi connectivity index (χ1v) is 11.4. The lowest BCUT2D eigenvalue weighted by atomic mass is 9.86. The highest BCUT2D eigenvalue weighted by Crippen LogP contribution is 2.33. The largest absolute Gasteiger partial charge is 0.497 e. The fourth-order valence-electron chi connectivity index (χ4n) is 3.57. The van der Waals surface area contributed by atoms with E-state index < -0.39 is 11.4 Å². The first-order chi connectivity index (χ1) is 16.7. The van der Waals surface area contributed by atoms with Crippen LogP contribution in [0.3, 0.4) is 0 Å². The van der Waals surface area contributed by atoms with Crippen LogP contribution in [0.15, 0.2) is 82.0 Å². The van der Waals surface area contributed by atoms with E-state index in [-0.39, 0.29) is 22.3 Å². The molecular formula is C29H25ClO5. The van der Waals surface area contributed by atoms with Crippen molar-refractivity contribution < 1.29 is 18.7 Å². The second kappa shape index (κ2) is 9.80. The standard InChI is InChI=1S/C29H25ClO5/c1-29(2,3)20-10-8-19(9-11-20)27-28(26(32)23-17-21(30)12-15-24(23)34-27)35-25(31)16-7-18-5-13-22(33-4)14-6-18/h5-17H,1-4H3/b16-7+. The summed E-state index contributed by atoms with van der Waals surface area (Å²) >= 11 is 6.10. The minimum Gasteiger partial charge on any atom is -0.497 e. The average molecular weight is 489 g/mol. The molecule has 35 heavy (non-hydrogen) atoms. The normalized spacial score (nSPS) is 11.7. The van der Waals surface area contributed by atoms with Gasteiger partial charge in [0.25, 0.3) is 0 Å². The number of halogens is 1. The third-order valence-corrected chi connectivity index (χ3v) is 5.79. The molecule has 0 aliphatic heterocycles.